The SMILES string of the molecule is CCCOc1ccc(C(=O)N2CCN(c3ccc(NC4=C(C(=O)OC)CN(CCO)C4=O)cc3Cl)CC2)cc1. The highest BCUT2D eigenvalue weighted by atomic mass is 35.5. The van der Waals surface area contributed by atoms with Crippen molar-refractivity contribution >= 4 is 40.8 Å². The second-order valence-corrected chi connectivity index (χ2v) is 9.65. The number of nitrogens with zero attached hydrogens (tertiary/aromatic N) is 3. The Morgan fingerprint density at radius 2 is 1.79 bits per heavy atom. The number of carbonyl (C=O) groups excluding carboxylic acids is 3. The minimum Gasteiger partial charge on any atom is -0.494 e. The first-order chi connectivity index (χ1) is 18.9. The summed E-state index contributed by atoms with van der Waals surface area (Å²) in [6.45, 7) is 4.96. The van der Waals surface area contributed by atoms with Gasteiger partial charge in [0.25, 0.3) is 11.8 Å². The summed E-state index contributed by atoms with van der Waals surface area (Å²) in [5.74, 6) is -0.271. The van der Waals surface area contributed by atoms with Gasteiger partial charge in [-0.15, -0.1) is 0 Å². The van der Waals surface area contributed by atoms with E-state index < -0.39 is 11.9 Å². The summed E-state index contributed by atoms with van der Waals surface area (Å²) in [4.78, 5) is 43.3. The largest absolute Gasteiger partial charge is 0.494 e. The molecule has 1 saturated heterocycles. The van der Waals surface area contributed by atoms with Crippen LogP contribution in [0.25, 0.3) is 0 Å². The van der Waals surface area contributed by atoms with Gasteiger partial charge in [0.15, 0.2) is 0 Å². The van der Waals surface area contributed by atoms with Crippen LogP contribution < -0.4 is 15.0 Å². The lowest BCUT2D eigenvalue weighted by atomic mass is 10.1. The van der Waals surface area contributed by atoms with E-state index in [-0.39, 0.29) is 36.9 Å². The number of esters is 1. The molecule has 39 heavy (non-hydrogen) atoms. The molecule has 0 saturated carbocycles. The zero-order chi connectivity index (χ0) is 27.9. The molecule has 0 bridgehead atoms. The summed E-state index contributed by atoms with van der Waals surface area (Å²) in [6, 6.07) is 12.6. The molecule has 2 N–H and O–H groups in total. The van der Waals surface area contributed by atoms with Crippen LogP contribution in [0.5, 0.6) is 5.75 Å². The fraction of sp³-hybridized carbons (Fsp3) is 0.393. The van der Waals surface area contributed by atoms with E-state index in [0.717, 1.165) is 17.9 Å². The number of benzene rings is 2. The van der Waals surface area contributed by atoms with Gasteiger partial charge in [-0.3, -0.25) is 9.59 Å². The average Bonchev–Trinajstić information content (AvgIpc) is 3.26. The van der Waals surface area contributed by atoms with Gasteiger partial charge in [0.2, 0.25) is 0 Å². The Morgan fingerprint density at radius 3 is 2.41 bits per heavy atom. The zero-order valence-electron chi connectivity index (χ0n) is 22.1. The highest BCUT2D eigenvalue weighted by molar-refractivity contribution is 6.33. The lowest BCUT2D eigenvalue weighted by Crippen LogP contribution is -2.48. The van der Waals surface area contributed by atoms with E-state index in [2.05, 4.69) is 10.2 Å². The van der Waals surface area contributed by atoms with Crippen molar-refractivity contribution in [1.82, 2.24) is 9.80 Å². The highest BCUT2D eigenvalue weighted by Gasteiger charge is 2.34. The van der Waals surface area contributed by atoms with Crippen LogP contribution in [0.1, 0.15) is 23.7 Å². The normalized spacial score (nSPS) is 15.6. The maximum atomic E-state index is 13.0. The number of amides is 2. The van der Waals surface area contributed by atoms with Crippen molar-refractivity contribution in [3.05, 3.63) is 64.3 Å². The van der Waals surface area contributed by atoms with E-state index in [4.69, 9.17) is 21.1 Å². The molecule has 0 radical (unpaired) electrons. The van der Waals surface area contributed by atoms with Crippen molar-refractivity contribution in [1.29, 1.82) is 0 Å². The molecule has 11 heteroatoms. The summed E-state index contributed by atoms with van der Waals surface area (Å²) in [7, 11) is 1.25. The number of aliphatic hydroxyl groups is 1. The van der Waals surface area contributed by atoms with E-state index >= 15 is 0 Å². The summed E-state index contributed by atoms with van der Waals surface area (Å²) in [5, 5.41) is 12.7. The highest BCUT2D eigenvalue weighted by Crippen LogP contribution is 2.31. The topological polar surface area (TPSA) is 112 Å². The van der Waals surface area contributed by atoms with Gasteiger partial charge < -0.3 is 34.6 Å². The number of carbonyl (C=O) groups is 3. The standard InChI is InChI=1S/C28H33ClN4O6/c1-3-16-39-21-7-4-19(5-8-21)26(35)32-12-10-31(11-13-32)24-9-6-20(17-23(24)29)30-25-22(28(37)38-2)18-33(14-15-34)27(25)36/h4-9,17,30,34H,3,10-16,18H2,1-2H3. The monoisotopic (exact) mass is 556 g/mol. The van der Waals surface area contributed by atoms with Gasteiger partial charge in [0.05, 0.1) is 43.2 Å². The number of nitrogens with one attached hydrogen (secondary N) is 1. The molecule has 2 aliphatic heterocycles. The van der Waals surface area contributed by atoms with Crippen molar-refractivity contribution < 1.29 is 29.0 Å². The summed E-state index contributed by atoms with van der Waals surface area (Å²) >= 11 is 6.62. The predicted molar refractivity (Wildman–Crippen MR) is 148 cm³/mol. The molecule has 4 rings (SSSR count). The minimum absolute atomic E-state index is 0.0199. The first-order valence-corrected chi connectivity index (χ1v) is 13.3. The predicted octanol–water partition coefficient (Wildman–Crippen LogP) is 2.76. The lowest BCUT2D eigenvalue weighted by molar-refractivity contribution is -0.136. The Morgan fingerprint density at radius 1 is 1.08 bits per heavy atom. The van der Waals surface area contributed by atoms with Crippen molar-refractivity contribution in [2.24, 2.45) is 0 Å². The number of hydrogen-bond acceptors (Lipinski definition) is 8. The Hall–Kier alpha value is -3.76. The zero-order valence-corrected chi connectivity index (χ0v) is 22.9. The first-order valence-electron chi connectivity index (χ1n) is 12.9. The molecule has 2 heterocycles. The minimum atomic E-state index is -0.609. The number of β-amino-alcohol motifs (C(OH)–C–C–N with tert-alkyl or cyclic N) is 1. The maximum Gasteiger partial charge on any atom is 0.337 e. The third-order valence-corrected chi connectivity index (χ3v) is 6.95. The molecule has 0 aliphatic carbocycles. The number of piperazine rings is 1. The second kappa shape index (κ2) is 12.9. The summed E-state index contributed by atoms with van der Waals surface area (Å²) < 4.78 is 10.4. The Balaban J connectivity index is 1.39. The van der Waals surface area contributed by atoms with Gasteiger partial charge in [0, 0.05) is 44.0 Å². The number of rotatable bonds is 10. The van der Waals surface area contributed by atoms with Crippen molar-refractivity contribution in [2.75, 3.05) is 69.8 Å². The molecular weight excluding hydrogens is 524 g/mol. The molecule has 0 spiro atoms. The van der Waals surface area contributed by atoms with Gasteiger partial charge >= 0.3 is 5.97 Å². The number of hydrogen-bond donors (Lipinski definition) is 2. The number of ether oxygens (including phenoxy) is 2. The fourth-order valence-corrected chi connectivity index (χ4v) is 4.88. The van der Waals surface area contributed by atoms with E-state index in [1.807, 2.05) is 30.0 Å². The van der Waals surface area contributed by atoms with Gasteiger partial charge in [-0.25, -0.2) is 4.79 Å². The Bertz CT molecular complexity index is 1240. The molecular formula is C28H33ClN4O6. The first kappa shape index (κ1) is 28.3. The number of methoxy groups -OCH3 is 1. The van der Waals surface area contributed by atoms with Gasteiger partial charge in [-0.2, -0.15) is 0 Å². The van der Waals surface area contributed by atoms with Crippen molar-refractivity contribution in [2.45, 2.75) is 13.3 Å². The van der Waals surface area contributed by atoms with Crippen LogP contribution >= 0.6 is 11.6 Å². The molecule has 2 amide bonds. The second-order valence-electron chi connectivity index (χ2n) is 9.24. The van der Waals surface area contributed by atoms with E-state index in [9.17, 15) is 19.5 Å². The molecule has 2 aromatic rings. The van der Waals surface area contributed by atoms with Gasteiger partial charge in [0.1, 0.15) is 11.4 Å². The number of halogens is 1. The van der Waals surface area contributed by atoms with Crippen LogP contribution in [-0.4, -0.2) is 92.3 Å². The van der Waals surface area contributed by atoms with Crippen LogP contribution in [-0.2, 0) is 14.3 Å². The average molecular weight is 557 g/mol. The summed E-state index contributed by atoms with van der Waals surface area (Å²) in [5.41, 5.74) is 2.28. The quantitative estimate of drug-likeness (QED) is 0.430. The molecule has 0 aromatic heterocycles. The molecule has 0 atom stereocenters. The van der Waals surface area contributed by atoms with E-state index in [0.29, 0.717) is 49.1 Å². The van der Waals surface area contributed by atoms with Crippen LogP contribution in [0.15, 0.2) is 53.7 Å². The molecule has 2 aliphatic rings. The van der Waals surface area contributed by atoms with Gasteiger partial charge in [-0.1, -0.05) is 18.5 Å². The summed E-state index contributed by atoms with van der Waals surface area (Å²) in [6.07, 6.45) is 0.923. The molecule has 208 valence electrons. The van der Waals surface area contributed by atoms with Crippen LogP contribution in [0, 0.1) is 0 Å². The number of anilines is 2. The Labute approximate surface area is 232 Å². The van der Waals surface area contributed by atoms with Crippen LogP contribution in [0.4, 0.5) is 11.4 Å². The smallest absolute Gasteiger partial charge is 0.337 e. The van der Waals surface area contributed by atoms with Crippen molar-refractivity contribution in [3.8, 4) is 5.75 Å². The molecule has 2 aromatic carbocycles. The van der Waals surface area contributed by atoms with Crippen LogP contribution in [0.3, 0.4) is 0 Å². The molecule has 10 nitrogen and oxygen atoms in total. The van der Waals surface area contributed by atoms with Crippen molar-refractivity contribution in [3.63, 3.8) is 0 Å². The molecule has 0 unspecified atom stereocenters. The lowest BCUT2D eigenvalue weighted by Gasteiger charge is -2.36. The van der Waals surface area contributed by atoms with Gasteiger partial charge in [-0.05, 0) is 48.9 Å². The van der Waals surface area contributed by atoms with E-state index in [1.54, 1.807) is 24.3 Å². The van der Waals surface area contributed by atoms with Crippen LogP contribution in [0.2, 0.25) is 5.02 Å². The Kier molecular flexibility index (Phi) is 9.32. The molecule has 1 fully saturated rings. The maximum absolute atomic E-state index is 13.0. The number of aliphatic hydroxyl groups excluding tert-OH is 1. The third kappa shape index (κ3) is 6.46. The third-order valence-electron chi connectivity index (χ3n) is 6.65. The fourth-order valence-electron chi connectivity index (χ4n) is 4.58. The van der Waals surface area contributed by atoms with E-state index in [1.165, 1.54) is 12.0 Å².